The van der Waals surface area contributed by atoms with Gasteiger partial charge in [0, 0.05) is 32.7 Å². The predicted octanol–water partition coefficient (Wildman–Crippen LogP) is 1.60. The zero-order chi connectivity index (χ0) is 15.2. The van der Waals surface area contributed by atoms with Gasteiger partial charge in [0.2, 0.25) is 0 Å². The molecule has 1 fully saturated rings. The third-order valence-corrected chi connectivity index (χ3v) is 4.96. The van der Waals surface area contributed by atoms with Crippen LogP contribution in [0.3, 0.4) is 0 Å². The van der Waals surface area contributed by atoms with E-state index in [0.717, 1.165) is 51.9 Å². The lowest BCUT2D eigenvalue weighted by Crippen LogP contribution is -2.45. The molecule has 1 heterocycles. The highest BCUT2D eigenvalue weighted by Crippen LogP contribution is 2.30. The summed E-state index contributed by atoms with van der Waals surface area (Å²) in [7, 11) is 2.14. The van der Waals surface area contributed by atoms with E-state index in [2.05, 4.69) is 36.8 Å². The number of aliphatic hydroxyl groups is 1. The molecule has 0 radical (unpaired) electrons. The van der Waals surface area contributed by atoms with E-state index < -0.39 is 0 Å². The molecule has 3 atom stereocenters. The normalized spacial score (nSPS) is 29.5. The third-order valence-electron chi connectivity index (χ3n) is 4.96. The van der Waals surface area contributed by atoms with Crippen molar-refractivity contribution in [3.8, 4) is 0 Å². The van der Waals surface area contributed by atoms with Crippen molar-refractivity contribution in [3.05, 3.63) is 11.6 Å². The molecule has 0 saturated carbocycles. The van der Waals surface area contributed by atoms with Crippen LogP contribution in [0.2, 0.25) is 0 Å². The molecule has 0 spiro atoms. The van der Waals surface area contributed by atoms with Gasteiger partial charge in [-0.3, -0.25) is 4.90 Å². The summed E-state index contributed by atoms with van der Waals surface area (Å²) >= 11 is 0. The standard InChI is InChI=1S/C17H32N2O2/c1-14-5-4-6-15(2)17(14)13-18(3)11-16(20)12-19-7-9-21-10-8-19/h5,15-17,20H,4,6-13H2,1-3H3/t15-,16+,17+/m0/s1. The van der Waals surface area contributed by atoms with Crippen molar-refractivity contribution < 1.29 is 9.84 Å². The topological polar surface area (TPSA) is 35.9 Å². The molecule has 2 rings (SSSR count). The van der Waals surface area contributed by atoms with E-state index in [9.17, 15) is 5.11 Å². The Labute approximate surface area is 129 Å². The van der Waals surface area contributed by atoms with Crippen LogP contribution in [0, 0.1) is 11.8 Å². The number of morpholine rings is 1. The molecule has 0 aromatic carbocycles. The molecule has 4 nitrogen and oxygen atoms in total. The number of hydrogen-bond donors (Lipinski definition) is 1. The van der Waals surface area contributed by atoms with Gasteiger partial charge in [0.05, 0.1) is 19.3 Å². The van der Waals surface area contributed by atoms with Gasteiger partial charge in [-0.05, 0) is 38.6 Å². The average Bonchev–Trinajstić information content (AvgIpc) is 2.44. The lowest BCUT2D eigenvalue weighted by molar-refractivity contribution is 0.00762. The number of likely N-dealkylation sites (N-methyl/N-ethyl adjacent to an activating group) is 1. The maximum atomic E-state index is 10.3. The quantitative estimate of drug-likeness (QED) is 0.755. The lowest BCUT2D eigenvalue weighted by Gasteiger charge is -2.34. The number of rotatable bonds is 6. The smallest absolute Gasteiger partial charge is 0.0793 e. The van der Waals surface area contributed by atoms with Crippen molar-refractivity contribution in [2.24, 2.45) is 11.8 Å². The van der Waals surface area contributed by atoms with E-state index in [1.165, 1.54) is 18.4 Å². The van der Waals surface area contributed by atoms with Gasteiger partial charge in [0.1, 0.15) is 0 Å². The molecule has 0 bridgehead atoms. The van der Waals surface area contributed by atoms with Gasteiger partial charge in [-0.25, -0.2) is 0 Å². The van der Waals surface area contributed by atoms with Gasteiger partial charge in [0.25, 0.3) is 0 Å². The van der Waals surface area contributed by atoms with Crippen molar-refractivity contribution in [2.75, 3.05) is 53.0 Å². The fraction of sp³-hybridized carbons (Fsp3) is 0.882. The lowest BCUT2D eigenvalue weighted by atomic mass is 9.80. The average molecular weight is 296 g/mol. The Morgan fingerprint density at radius 3 is 2.81 bits per heavy atom. The summed E-state index contributed by atoms with van der Waals surface area (Å²) < 4.78 is 5.35. The molecule has 1 aliphatic heterocycles. The van der Waals surface area contributed by atoms with Gasteiger partial charge in [-0.1, -0.05) is 18.6 Å². The van der Waals surface area contributed by atoms with Gasteiger partial charge in [-0.15, -0.1) is 0 Å². The van der Waals surface area contributed by atoms with Crippen LogP contribution >= 0.6 is 0 Å². The Morgan fingerprint density at radius 1 is 1.43 bits per heavy atom. The number of nitrogens with zero attached hydrogens (tertiary/aromatic N) is 2. The summed E-state index contributed by atoms with van der Waals surface area (Å²) in [6.45, 7) is 10.7. The fourth-order valence-electron chi connectivity index (χ4n) is 3.61. The van der Waals surface area contributed by atoms with Crippen LogP contribution in [0.1, 0.15) is 26.7 Å². The largest absolute Gasteiger partial charge is 0.390 e. The van der Waals surface area contributed by atoms with E-state index in [1.807, 2.05) is 0 Å². The van der Waals surface area contributed by atoms with E-state index in [4.69, 9.17) is 4.74 Å². The second-order valence-corrected chi connectivity index (χ2v) is 6.90. The fourth-order valence-corrected chi connectivity index (χ4v) is 3.61. The van der Waals surface area contributed by atoms with Crippen molar-refractivity contribution in [2.45, 2.75) is 32.8 Å². The molecule has 4 heteroatoms. The number of ether oxygens (including phenoxy) is 1. The van der Waals surface area contributed by atoms with Crippen LogP contribution in [0.4, 0.5) is 0 Å². The molecule has 122 valence electrons. The van der Waals surface area contributed by atoms with Gasteiger partial charge in [-0.2, -0.15) is 0 Å². The Balaban J connectivity index is 1.73. The highest BCUT2D eigenvalue weighted by molar-refractivity contribution is 5.09. The van der Waals surface area contributed by atoms with E-state index in [1.54, 1.807) is 0 Å². The molecular weight excluding hydrogens is 264 g/mol. The zero-order valence-electron chi connectivity index (χ0n) is 13.9. The summed E-state index contributed by atoms with van der Waals surface area (Å²) in [5.74, 6) is 1.41. The molecule has 0 aromatic rings. The minimum absolute atomic E-state index is 0.267. The third kappa shape index (κ3) is 5.37. The first-order chi connectivity index (χ1) is 10.1. The minimum atomic E-state index is -0.267. The van der Waals surface area contributed by atoms with Crippen LogP contribution in [0.5, 0.6) is 0 Å². The predicted molar refractivity (Wildman–Crippen MR) is 86.4 cm³/mol. The molecule has 1 N–H and O–H groups in total. The number of aliphatic hydroxyl groups excluding tert-OH is 1. The summed E-state index contributed by atoms with van der Waals surface area (Å²) in [5, 5.41) is 10.3. The van der Waals surface area contributed by atoms with Gasteiger partial charge in [0.15, 0.2) is 0 Å². The molecule has 1 saturated heterocycles. The van der Waals surface area contributed by atoms with Crippen molar-refractivity contribution in [3.63, 3.8) is 0 Å². The minimum Gasteiger partial charge on any atom is -0.390 e. The van der Waals surface area contributed by atoms with Crippen molar-refractivity contribution in [1.82, 2.24) is 9.80 Å². The highest BCUT2D eigenvalue weighted by atomic mass is 16.5. The zero-order valence-corrected chi connectivity index (χ0v) is 13.9. The summed E-state index contributed by atoms with van der Waals surface area (Å²) in [4.78, 5) is 4.60. The molecule has 0 unspecified atom stereocenters. The molecule has 1 aliphatic carbocycles. The first-order valence-electron chi connectivity index (χ1n) is 8.39. The monoisotopic (exact) mass is 296 g/mol. The summed E-state index contributed by atoms with van der Waals surface area (Å²) in [6, 6.07) is 0. The molecule has 2 aliphatic rings. The maximum absolute atomic E-state index is 10.3. The van der Waals surface area contributed by atoms with E-state index in [0.29, 0.717) is 5.92 Å². The van der Waals surface area contributed by atoms with Crippen LogP contribution < -0.4 is 0 Å². The number of β-amino-alcohol motifs (C(OH)–C–C–N with tert-alkyl or cyclic N) is 1. The Morgan fingerprint density at radius 2 is 2.14 bits per heavy atom. The number of hydrogen-bond acceptors (Lipinski definition) is 4. The number of allylic oxidation sites excluding steroid dienone is 1. The Hall–Kier alpha value is -0.420. The summed E-state index contributed by atoms with van der Waals surface area (Å²) in [6.07, 6.45) is 4.65. The Kier molecular flexibility index (Phi) is 6.68. The molecule has 0 aromatic heterocycles. The van der Waals surface area contributed by atoms with Crippen LogP contribution in [0.25, 0.3) is 0 Å². The second-order valence-electron chi connectivity index (χ2n) is 6.90. The maximum Gasteiger partial charge on any atom is 0.0793 e. The molecule has 21 heavy (non-hydrogen) atoms. The van der Waals surface area contributed by atoms with Crippen LogP contribution in [-0.2, 0) is 4.74 Å². The van der Waals surface area contributed by atoms with Gasteiger partial charge >= 0.3 is 0 Å². The summed E-state index contributed by atoms with van der Waals surface area (Å²) in [5.41, 5.74) is 1.53. The van der Waals surface area contributed by atoms with Gasteiger partial charge < -0.3 is 14.7 Å². The Bertz CT molecular complexity index is 340. The SMILES string of the molecule is CC1=CCC[C@H](C)[C@@H]1CN(C)C[C@@H](O)CN1CCOCC1. The first kappa shape index (κ1) is 16.9. The molecule has 0 amide bonds. The second kappa shape index (κ2) is 8.28. The van der Waals surface area contributed by atoms with Crippen molar-refractivity contribution >= 4 is 0 Å². The van der Waals surface area contributed by atoms with E-state index in [-0.39, 0.29) is 6.10 Å². The molecular formula is C17H32N2O2. The highest BCUT2D eigenvalue weighted by Gasteiger charge is 2.24. The van der Waals surface area contributed by atoms with Crippen LogP contribution in [-0.4, -0.2) is 74.0 Å². The van der Waals surface area contributed by atoms with E-state index >= 15 is 0 Å². The van der Waals surface area contributed by atoms with Crippen LogP contribution in [0.15, 0.2) is 11.6 Å². The van der Waals surface area contributed by atoms with Crippen molar-refractivity contribution in [1.29, 1.82) is 0 Å². The first-order valence-corrected chi connectivity index (χ1v) is 8.39.